The van der Waals surface area contributed by atoms with E-state index in [4.69, 9.17) is 4.74 Å². The number of carbonyl (C=O) groups excluding carboxylic acids is 1. The van der Waals surface area contributed by atoms with Gasteiger partial charge in [-0.05, 0) is 38.1 Å². The van der Waals surface area contributed by atoms with Crippen LogP contribution in [0.15, 0.2) is 34.6 Å². The molecular weight excluding hydrogens is 362 g/mol. The molecule has 0 aliphatic rings. The molecule has 0 fully saturated rings. The van der Waals surface area contributed by atoms with E-state index >= 15 is 0 Å². The van der Waals surface area contributed by atoms with Crippen LogP contribution in [0, 0.1) is 6.92 Å². The third-order valence-corrected chi connectivity index (χ3v) is 4.60. The zero-order chi connectivity index (χ0) is 19.6. The smallest absolute Gasteiger partial charge is 0.251 e. The number of ether oxygens (including phenoxy) is 1. The topological polar surface area (TPSA) is 78.8 Å². The van der Waals surface area contributed by atoms with Crippen LogP contribution in [0.2, 0.25) is 0 Å². The Hall–Kier alpha value is -2.61. The van der Waals surface area contributed by atoms with Crippen molar-refractivity contribution >= 4 is 23.2 Å². The highest BCUT2D eigenvalue weighted by Crippen LogP contribution is 2.11. The second kappa shape index (κ2) is 10.5. The lowest BCUT2D eigenvalue weighted by atomic mass is 10.2. The molecule has 0 saturated carbocycles. The zero-order valence-corrected chi connectivity index (χ0v) is 17.1. The molecular formula is C19H27N5O2S. The van der Waals surface area contributed by atoms with Crippen LogP contribution in [-0.4, -0.2) is 55.5 Å². The van der Waals surface area contributed by atoms with Gasteiger partial charge in [-0.3, -0.25) is 9.79 Å². The van der Waals surface area contributed by atoms with Crippen molar-refractivity contribution in [1.82, 2.24) is 20.5 Å². The second-order valence-corrected chi connectivity index (χ2v) is 7.00. The minimum absolute atomic E-state index is 0.121. The number of thiazole rings is 1. The van der Waals surface area contributed by atoms with Gasteiger partial charge >= 0.3 is 0 Å². The summed E-state index contributed by atoms with van der Waals surface area (Å²) >= 11 is 1.64. The van der Waals surface area contributed by atoms with E-state index in [1.807, 2.05) is 25.8 Å². The van der Waals surface area contributed by atoms with Crippen molar-refractivity contribution < 1.29 is 9.53 Å². The molecule has 1 heterocycles. The lowest BCUT2D eigenvalue weighted by Gasteiger charge is -2.21. The van der Waals surface area contributed by atoms with Crippen molar-refractivity contribution in [3.05, 3.63) is 45.9 Å². The van der Waals surface area contributed by atoms with Crippen LogP contribution in [0.5, 0.6) is 5.75 Å². The van der Waals surface area contributed by atoms with Crippen molar-refractivity contribution in [2.75, 3.05) is 33.8 Å². The Morgan fingerprint density at radius 1 is 1.30 bits per heavy atom. The highest BCUT2D eigenvalue weighted by molar-refractivity contribution is 7.09. The quantitative estimate of drug-likeness (QED) is 0.411. The molecule has 0 aliphatic heterocycles. The molecule has 8 heteroatoms. The largest absolute Gasteiger partial charge is 0.497 e. The summed E-state index contributed by atoms with van der Waals surface area (Å²) in [6.45, 7) is 6.45. The van der Waals surface area contributed by atoms with Crippen molar-refractivity contribution in [3.63, 3.8) is 0 Å². The molecule has 0 saturated heterocycles. The summed E-state index contributed by atoms with van der Waals surface area (Å²) in [5.74, 6) is 1.40. The predicted octanol–water partition coefficient (Wildman–Crippen LogP) is 2.29. The van der Waals surface area contributed by atoms with Gasteiger partial charge in [0.15, 0.2) is 5.96 Å². The first-order valence-corrected chi connectivity index (χ1v) is 9.74. The fourth-order valence-electron chi connectivity index (χ4n) is 2.44. The number of hydrogen-bond donors (Lipinski definition) is 2. The van der Waals surface area contributed by atoms with Gasteiger partial charge in [0.2, 0.25) is 0 Å². The van der Waals surface area contributed by atoms with E-state index < -0.39 is 0 Å². The molecule has 2 rings (SSSR count). The monoisotopic (exact) mass is 389 g/mol. The third-order valence-electron chi connectivity index (χ3n) is 3.77. The molecule has 7 nitrogen and oxygen atoms in total. The van der Waals surface area contributed by atoms with Crippen molar-refractivity contribution in [1.29, 1.82) is 0 Å². The van der Waals surface area contributed by atoms with Gasteiger partial charge in [0, 0.05) is 31.1 Å². The van der Waals surface area contributed by atoms with Gasteiger partial charge < -0.3 is 20.3 Å². The summed E-state index contributed by atoms with van der Waals surface area (Å²) in [5, 5.41) is 9.27. The fraction of sp³-hybridized carbons (Fsp3) is 0.421. The van der Waals surface area contributed by atoms with E-state index in [-0.39, 0.29) is 5.91 Å². The summed E-state index contributed by atoms with van der Waals surface area (Å²) in [6.07, 6.45) is 0. The maximum absolute atomic E-state index is 12.2. The van der Waals surface area contributed by atoms with Gasteiger partial charge in [0.1, 0.15) is 5.75 Å². The Bertz CT molecular complexity index is 758. The minimum atomic E-state index is -0.121. The summed E-state index contributed by atoms with van der Waals surface area (Å²) in [6, 6.07) is 7.02. The van der Waals surface area contributed by atoms with Crippen LogP contribution >= 0.6 is 11.3 Å². The number of guanidine groups is 1. The molecule has 0 radical (unpaired) electrons. The van der Waals surface area contributed by atoms with E-state index in [2.05, 4.69) is 26.0 Å². The maximum Gasteiger partial charge on any atom is 0.251 e. The summed E-state index contributed by atoms with van der Waals surface area (Å²) < 4.78 is 5.10. The van der Waals surface area contributed by atoms with Crippen LogP contribution in [0.4, 0.5) is 0 Å². The molecule has 1 aromatic heterocycles. The molecule has 1 amide bonds. The number of aromatic nitrogens is 1. The lowest BCUT2D eigenvalue weighted by Crippen LogP contribution is -2.39. The minimum Gasteiger partial charge on any atom is -0.497 e. The number of benzene rings is 1. The van der Waals surface area contributed by atoms with Crippen LogP contribution in [0.25, 0.3) is 0 Å². The Kier molecular flexibility index (Phi) is 8.06. The number of nitrogens with zero attached hydrogens (tertiary/aromatic N) is 3. The first-order valence-electron chi connectivity index (χ1n) is 8.86. The summed E-state index contributed by atoms with van der Waals surface area (Å²) in [5.41, 5.74) is 1.63. The predicted molar refractivity (Wildman–Crippen MR) is 110 cm³/mol. The molecule has 0 aliphatic carbocycles. The number of carbonyl (C=O) groups is 1. The van der Waals surface area contributed by atoms with Crippen LogP contribution in [0.1, 0.15) is 28.0 Å². The van der Waals surface area contributed by atoms with Gasteiger partial charge in [-0.1, -0.05) is 0 Å². The van der Waals surface area contributed by atoms with E-state index in [1.54, 1.807) is 42.7 Å². The van der Waals surface area contributed by atoms with Gasteiger partial charge in [-0.15, -0.1) is 11.3 Å². The Morgan fingerprint density at radius 3 is 2.63 bits per heavy atom. The number of rotatable bonds is 8. The molecule has 0 bridgehead atoms. The number of amides is 1. The Morgan fingerprint density at radius 2 is 2.04 bits per heavy atom. The maximum atomic E-state index is 12.2. The summed E-state index contributed by atoms with van der Waals surface area (Å²) in [7, 11) is 3.58. The first-order chi connectivity index (χ1) is 13.0. The van der Waals surface area contributed by atoms with E-state index in [0.29, 0.717) is 25.2 Å². The molecule has 2 N–H and O–H groups in total. The van der Waals surface area contributed by atoms with E-state index in [1.165, 1.54) is 0 Å². The molecule has 1 aromatic carbocycles. The fourth-order valence-corrected chi connectivity index (χ4v) is 3.05. The first kappa shape index (κ1) is 20.7. The van der Waals surface area contributed by atoms with Crippen LogP contribution < -0.4 is 15.4 Å². The molecule has 0 unspecified atom stereocenters. The number of nitrogens with one attached hydrogen (secondary N) is 2. The number of aliphatic imine (C=N–C) groups is 1. The SMILES string of the molecule is CCNC(=NCCNC(=O)c1ccc(OC)cc1)N(C)Cc1csc(C)n1. The molecule has 2 aromatic rings. The Balaban J connectivity index is 1.85. The average molecular weight is 390 g/mol. The standard InChI is InChI=1S/C19H27N5O2S/c1-5-20-19(24(3)12-16-13-27-14(2)23-16)22-11-10-21-18(25)15-6-8-17(26-4)9-7-15/h6-9,13H,5,10-12H2,1-4H3,(H,20,22)(H,21,25). The van der Waals surface area contributed by atoms with Crippen LogP contribution in [-0.2, 0) is 6.54 Å². The van der Waals surface area contributed by atoms with Crippen molar-refractivity contribution in [2.45, 2.75) is 20.4 Å². The highest BCUT2D eigenvalue weighted by atomic mass is 32.1. The van der Waals surface area contributed by atoms with E-state index in [0.717, 1.165) is 29.0 Å². The second-order valence-electron chi connectivity index (χ2n) is 5.93. The van der Waals surface area contributed by atoms with Gasteiger partial charge in [-0.2, -0.15) is 0 Å². The van der Waals surface area contributed by atoms with Gasteiger partial charge in [-0.25, -0.2) is 4.98 Å². The van der Waals surface area contributed by atoms with Crippen molar-refractivity contribution in [3.8, 4) is 5.75 Å². The lowest BCUT2D eigenvalue weighted by molar-refractivity contribution is 0.0954. The molecule has 0 atom stereocenters. The third kappa shape index (κ3) is 6.56. The molecule has 146 valence electrons. The molecule has 27 heavy (non-hydrogen) atoms. The highest BCUT2D eigenvalue weighted by Gasteiger charge is 2.09. The number of methoxy groups -OCH3 is 1. The van der Waals surface area contributed by atoms with Crippen molar-refractivity contribution in [2.24, 2.45) is 4.99 Å². The average Bonchev–Trinajstić information content (AvgIpc) is 3.08. The summed E-state index contributed by atoms with van der Waals surface area (Å²) in [4.78, 5) is 23.3. The Labute approximate surface area is 164 Å². The van der Waals surface area contributed by atoms with Gasteiger partial charge in [0.05, 0.1) is 30.9 Å². The normalized spacial score (nSPS) is 11.2. The van der Waals surface area contributed by atoms with Gasteiger partial charge in [0.25, 0.3) is 5.91 Å². The number of aryl methyl sites for hydroxylation is 1. The molecule has 0 spiro atoms. The van der Waals surface area contributed by atoms with Crippen LogP contribution in [0.3, 0.4) is 0 Å². The number of hydrogen-bond acceptors (Lipinski definition) is 5. The van der Waals surface area contributed by atoms with E-state index in [9.17, 15) is 4.79 Å². The zero-order valence-electron chi connectivity index (χ0n) is 16.3.